The largest absolute Gasteiger partial charge is 0.408 e. The minimum Gasteiger partial charge on any atom is -0.394 e. The Bertz CT molecular complexity index is 1720. The van der Waals surface area contributed by atoms with Crippen LogP contribution in [0.1, 0.15) is 31.7 Å². The topological polar surface area (TPSA) is 251 Å². The fraction of sp³-hybridized carbons (Fsp3) is 0.625. The molecule has 0 saturated carbocycles. The Kier molecular flexibility index (Phi) is 8.57. The Hall–Kier alpha value is -3.26. The molecule has 0 radical (unpaired) electrons. The lowest BCUT2D eigenvalue weighted by Crippen LogP contribution is -2.39. The average Bonchev–Trinajstić information content (AvgIpc) is 3.78. The molecule has 240 valence electrons. The molecule has 6 N–H and O–H groups in total. The van der Waals surface area contributed by atoms with Crippen molar-refractivity contribution in [3.63, 3.8) is 0 Å². The third-order valence-electron chi connectivity index (χ3n) is 7.93. The number of aliphatic hydroxyl groups is 2. The van der Waals surface area contributed by atoms with Gasteiger partial charge in [-0.25, -0.2) is 19.0 Å². The van der Waals surface area contributed by atoms with Gasteiger partial charge >= 0.3 is 13.4 Å². The van der Waals surface area contributed by atoms with Gasteiger partial charge < -0.3 is 30.2 Å². The summed E-state index contributed by atoms with van der Waals surface area (Å²) in [5.74, 6) is -0.111. The maximum atomic E-state index is 14.4. The maximum absolute atomic E-state index is 14.4. The second-order valence-corrected chi connectivity index (χ2v) is 12.6. The van der Waals surface area contributed by atoms with E-state index < -0.39 is 80.7 Å². The number of ether oxygens (including phenoxy) is 3. The summed E-state index contributed by atoms with van der Waals surface area (Å²) in [6.07, 6.45) is -2.95. The van der Waals surface area contributed by atoms with Crippen LogP contribution in [0.3, 0.4) is 0 Å². The predicted molar refractivity (Wildman–Crippen MR) is 149 cm³/mol. The van der Waals surface area contributed by atoms with Crippen LogP contribution in [0.25, 0.3) is 11.2 Å². The van der Waals surface area contributed by atoms with E-state index in [1.165, 1.54) is 24.2 Å². The van der Waals surface area contributed by atoms with Crippen LogP contribution < -0.4 is 22.5 Å². The molecule has 3 aromatic heterocycles. The molecular weight excluding hydrogens is 607 g/mol. The van der Waals surface area contributed by atoms with Gasteiger partial charge in [-0.15, -0.1) is 0 Å². The van der Waals surface area contributed by atoms with Crippen molar-refractivity contribution in [3.8, 4) is 0 Å². The van der Waals surface area contributed by atoms with Crippen LogP contribution >= 0.6 is 7.75 Å². The second kappa shape index (κ2) is 12.3. The first-order valence-corrected chi connectivity index (χ1v) is 15.5. The molecule has 0 bridgehead atoms. The number of aromatic nitrogens is 6. The van der Waals surface area contributed by atoms with Crippen LogP contribution in [-0.2, 0) is 27.8 Å². The van der Waals surface area contributed by atoms with Gasteiger partial charge in [0, 0.05) is 38.9 Å². The summed E-state index contributed by atoms with van der Waals surface area (Å²) in [7, 11) is -2.74. The Morgan fingerprint density at radius 3 is 2.64 bits per heavy atom. The summed E-state index contributed by atoms with van der Waals surface area (Å²) < 4.78 is 47.8. The number of rotatable bonds is 10. The molecule has 0 aromatic carbocycles. The van der Waals surface area contributed by atoms with Gasteiger partial charge in [-0.2, -0.15) is 4.98 Å². The molecule has 44 heavy (non-hydrogen) atoms. The highest BCUT2D eigenvalue weighted by atomic mass is 31.2. The number of anilines is 1. The molecule has 6 rings (SSSR count). The molecule has 3 aromatic rings. The molecule has 0 aliphatic carbocycles. The van der Waals surface area contributed by atoms with Crippen molar-refractivity contribution in [1.82, 2.24) is 33.7 Å². The lowest BCUT2D eigenvalue weighted by molar-refractivity contribution is -0.0646. The van der Waals surface area contributed by atoms with Gasteiger partial charge in [-0.05, 0) is 12.8 Å². The van der Waals surface area contributed by atoms with Crippen molar-refractivity contribution < 1.29 is 38.0 Å². The molecule has 6 heterocycles. The smallest absolute Gasteiger partial charge is 0.394 e. The van der Waals surface area contributed by atoms with E-state index in [0.29, 0.717) is 13.1 Å². The first-order chi connectivity index (χ1) is 21.1. The fourth-order valence-corrected chi connectivity index (χ4v) is 7.75. The number of H-pyrrole nitrogens is 2. The summed E-state index contributed by atoms with van der Waals surface area (Å²) >= 11 is 0. The monoisotopic (exact) mass is 640 g/mol. The van der Waals surface area contributed by atoms with Crippen LogP contribution in [0.2, 0.25) is 0 Å². The van der Waals surface area contributed by atoms with Crippen LogP contribution in [0.15, 0.2) is 33.0 Å². The van der Waals surface area contributed by atoms with Crippen LogP contribution in [-0.4, -0.2) is 108 Å². The van der Waals surface area contributed by atoms with Crippen molar-refractivity contribution in [1.29, 1.82) is 0 Å². The average molecular weight is 641 g/mol. The van der Waals surface area contributed by atoms with Crippen molar-refractivity contribution in [2.75, 3.05) is 39.1 Å². The van der Waals surface area contributed by atoms with E-state index >= 15 is 0 Å². The number of nitrogens with zero attached hydrogens (tertiary/aromatic N) is 5. The lowest BCUT2D eigenvalue weighted by atomic mass is 10.1. The second-order valence-electron chi connectivity index (χ2n) is 10.7. The Balaban J connectivity index is 1.21. The first kappa shape index (κ1) is 30.8. The molecule has 20 heteroatoms. The molecule has 3 fully saturated rings. The third-order valence-corrected chi connectivity index (χ3v) is 10.0. The minimum absolute atomic E-state index is 0.0469. The fourth-order valence-electron chi connectivity index (χ4n) is 5.73. The van der Waals surface area contributed by atoms with Gasteiger partial charge in [-0.1, -0.05) is 0 Å². The maximum Gasteiger partial charge on any atom is 0.408 e. The Labute approximate surface area is 248 Å². The van der Waals surface area contributed by atoms with E-state index in [0.717, 1.165) is 23.5 Å². The van der Waals surface area contributed by atoms with E-state index in [2.05, 4.69) is 19.9 Å². The van der Waals surface area contributed by atoms with Crippen molar-refractivity contribution in [2.45, 2.75) is 62.2 Å². The summed E-state index contributed by atoms with van der Waals surface area (Å²) in [5.41, 5.74) is 4.04. The molecule has 0 amide bonds. The number of nitrogens with two attached hydrogens (primary N) is 1. The number of imidazole rings is 1. The van der Waals surface area contributed by atoms with Crippen molar-refractivity contribution >= 4 is 24.9 Å². The highest BCUT2D eigenvalue weighted by Crippen LogP contribution is 2.57. The van der Waals surface area contributed by atoms with Crippen molar-refractivity contribution in [2.24, 2.45) is 0 Å². The quantitative estimate of drug-likeness (QED) is 0.157. The zero-order chi connectivity index (χ0) is 31.2. The van der Waals surface area contributed by atoms with Gasteiger partial charge in [0.05, 0.1) is 19.5 Å². The van der Waals surface area contributed by atoms with Crippen LogP contribution in [0.5, 0.6) is 0 Å². The highest BCUT2D eigenvalue weighted by molar-refractivity contribution is 7.51. The normalized spacial score (nSPS) is 30.8. The minimum atomic E-state index is -4.07. The summed E-state index contributed by atoms with van der Waals surface area (Å²) in [6, 6.07) is 1.13. The Morgan fingerprint density at radius 2 is 1.93 bits per heavy atom. The van der Waals surface area contributed by atoms with E-state index in [-0.39, 0.29) is 23.5 Å². The first-order valence-electron chi connectivity index (χ1n) is 14.0. The number of aromatic amines is 2. The number of fused-ring (bicyclic) bond motifs is 1. The number of methoxy groups -OCH3 is 1. The molecule has 8 atom stereocenters. The SMILES string of the molecule is COC1C(O)C(COP(=O)(OC2CC(n3cnc4c(=O)[nH]c(N)nc43)OC2CO)N2CCCC2)OC1n1ccc(=O)[nH]c1=O. The molecule has 8 unspecified atom stereocenters. The zero-order valence-corrected chi connectivity index (χ0v) is 24.4. The molecule has 0 spiro atoms. The lowest BCUT2D eigenvalue weighted by Gasteiger charge is -2.30. The van der Waals surface area contributed by atoms with E-state index in [9.17, 15) is 29.2 Å². The third kappa shape index (κ3) is 5.66. The standard InChI is InChI=1S/C24H33N8O11P/c1-39-19-18(35)14(42-22(19)31-7-4-15(34)27-24(31)37)10-40-44(38,30-5-2-3-6-30)43-12-8-16(41-13(12)9-33)32-11-26-17-20(32)28-23(25)29-21(17)36/h4,7,11-14,16,18-19,22,33,35H,2-3,5-6,8-10H2,1H3,(H,27,34,37)(H3,25,28,29,36). The molecule has 19 nitrogen and oxygen atoms in total. The summed E-state index contributed by atoms with van der Waals surface area (Å²) in [5, 5.41) is 21.1. The number of nitrogen functional groups attached to an aromatic ring is 1. The van der Waals surface area contributed by atoms with E-state index in [1.807, 2.05) is 0 Å². The van der Waals surface area contributed by atoms with Gasteiger partial charge in [0.2, 0.25) is 5.95 Å². The van der Waals surface area contributed by atoms with Crippen LogP contribution in [0.4, 0.5) is 5.95 Å². The Morgan fingerprint density at radius 1 is 1.16 bits per heavy atom. The van der Waals surface area contributed by atoms with Gasteiger partial charge in [0.1, 0.15) is 36.7 Å². The number of nitrogens with one attached hydrogen (secondary N) is 2. The van der Waals surface area contributed by atoms with Gasteiger partial charge in [0.25, 0.3) is 11.1 Å². The predicted octanol–water partition coefficient (Wildman–Crippen LogP) is -1.59. The number of aliphatic hydroxyl groups excluding tert-OH is 2. The van der Waals surface area contributed by atoms with E-state index in [4.69, 9.17) is 29.0 Å². The summed E-state index contributed by atoms with van der Waals surface area (Å²) in [4.78, 5) is 48.9. The van der Waals surface area contributed by atoms with E-state index in [1.54, 1.807) is 4.67 Å². The number of hydrogen-bond donors (Lipinski definition) is 5. The molecule has 3 aliphatic rings. The number of hydrogen-bond acceptors (Lipinski definition) is 14. The van der Waals surface area contributed by atoms with Gasteiger partial charge in [-0.3, -0.25) is 37.7 Å². The molecule has 3 aliphatic heterocycles. The molecular formula is C24H33N8O11P. The highest BCUT2D eigenvalue weighted by Gasteiger charge is 2.49. The van der Waals surface area contributed by atoms with Crippen LogP contribution in [0, 0.1) is 0 Å². The van der Waals surface area contributed by atoms with Crippen molar-refractivity contribution in [3.05, 3.63) is 49.8 Å². The molecule has 3 saturated heterocycles. The zero-order valence-electron chi connectivity index (χ0n) is 23.6. The van der Waals surface area contributed by atoms with Gasteiger partial charge in [0.15, 0.2) is 17.4 Å². The summed E-state index contributed by atoms with van der Waals surface area (Å²) in [6.45, 7) is -0.0391.